The summed E-state index contributed by atoms with van der Waals surface area (Å²) >= 11 is 5.77. The van der Waals surface area contributed by atoms with Crippen LogP contribution in [-0.2, 0) is 13.1 Å². The van der Waals surface area contributed by atoms with Crippen molar-refractivity contribution in [2.45, 2.75) is 20.0 Å². The smallest absolute Gasteiger partial charge is 0.315 e. The van der Waals surface area contributed by atoms with Crippen LogP contribution in [0, 0.1) is 12.7 Å². The number of hydrogen-bond acceptors (Lipinski definition) is 7. The highest BCUT2D eigenvalue weighted by molar-refractivity contribution is 6.30. The molecule has 5 rings (SSSR count). The average Bonchev–Trinajstić information content (AvgIpc) is 3.49. The molecule has 0 spiro atoms. The standard InChI is InChI=1S/C22H18ClFN10O/c1-13-31-21(34(32-13)15-4-5-17(23)18(24)6-15)10-27-22(35)26-9-20-29-12-30-33(20)16-3-2-14-8-25-11-28-19(14)7-16/h2-8,11-12H,9-10H2,1H3,(H2,26,27,35). The van der Waals surface area contributed by atoms with Gasteiger partial charge in [-0.05, 0) is 37.3 Å². The lowest BCUT2D eigenvalue weighted by atomic mass is 10.2. The summed E-state index contributed by atoms with van der Waals surface area (Å²) in [5.41, 5.74) is 1.97. The maximum absolute atomic E-state index is 13.9. The number of carbonyl (C=O) groups is 1. The van der Waals surface area contributed by atoms with Gasteiger partial charge >= 0.3 is 6.03 Å². The molecule has 5 aromatic rings. The van der Waals surface area contributed by atoms with Crippen LogP contribution in [0.1, 0.15) is 17.5 Å². The molecule has 0 atom stereocenters. The maximum atomic E-state index is 13.9. The van der Waals surface area contributed by atoms with Gasteiger partial charge < -0.3 is 10.6 Å². The van der Waals surface area contributed by atoms with Gasteiger partial charge in [-0.3, -0.25) is 0 Å². The number of hydrogen-bond donors (Lipinski definition) is 2. The predicted molar refractivity (Wildman–Crippen MR) is 125 cm³/mol. The number of aryl methyl sites for hydroxylation is 1. The number of fused-ring (bicyclic) bond motifs is 1. The van der Waals surface area contributed by atoms with Crippen LogP contribution in [-0.4, -0.2) is 45.5 Å². The fourth-order valence-corrected chi connectivity index (χ4v) is 3.59. The first-order valence-electron chi connectivity index (χ1n) is 10.5. The van der Waals surface area contributed by atoms with Gasteiger partial charge in [0.15, 0.2) is 11.6 Å². The van der Waals surface area contributed by atoms with Gasteiger partial charge in [-0.25, -0.2) is 38.5 Å². The van der Waals surface area contributed by atoms with Gasteiger partial charge in [-0.1, -0.05) is 11.6 Å². The van der Waals surface area contributed by atoms with E-state index in [0.717, 1.165) is 16.6 Å². The van der Waals surface area contributed by atoms with E-state index in [1.165, 1.54) is 29.5 Å². The summed E-state index contributed by atoms with van der Waals surface area (Å²) in [5.74, 6) is 0.869. The van der Waals surface area contributed by atoms with Crippen molar-refractivity contribution in [1.29, 1.82) is 0 Å². The molecule has 0 aliphatic carbocycles. The Bertz CT molecular complexity index is 1530. The van der Waals surface area contributed by atoms with Crippen LogP contribution in [0.25, 0.3) is 22.3 Å². The summed E-state index contributed by atoms with van der Waals surface area (Å²) in [7, 11) is 0. The van der Waals surface area contributed by atoms with Gasteiger partial charge in [0.25, 0.3) is 0 Å². The first-order valence-corrected chi connectivity index (χ1v) is 10.8. The Morgan fingerprint density at radius 3 is 2.60 bits per heavy atom. The number of urea groups is 1. The summed E-state index contributed by atoms with van der Waals surface area (Å²) in [5, 5.41) is 14.9. The van der Waals surface area contributed by atoms with Crippen LogP contribution in [0.4, 0.5) is 9.18 Å². The number of benzene rings is 2. The zero-order valence-corrected chi connectivity index (χ0v) is 19.1. The molecular weight excluding hydrogens is 475 g/mol. The number of aromatic nitrogens is 8. The van der Waals surface area contributed by atoms with Crippen LogP contribution in [0.5, 0.6) is 0 Å². The Hall–Kier alpha value is -4.45. The minimum atomic E-state index is -0.572. The van der Waals surface area contributed by atoms with Gasteiger partial charge in [0.05, 0.1) is 35.0 Å². The summed E-state index contributed by atoms with van der Waals surface area (Å²) in [4.78, 5) is 29.3. The third-order valence-corrected chi connectivity index (χ3v) is 5.40. The highest BCUT2D eigenvalue weighted by Crippen LogP contribution is 2.19. The number of rotatable bonds is 6. The van der Waals surface area contributed by atoms with Crippen molar-refractivity contribution in [3.05, 3.63) is 83.6 Å². The van der Waals surface area contributed by atoms with Crippen LogP contribution in [0.3, 0.4) is 0 Å². The Labute approximate surface area is 203 Å². The fourth-order valence-electron chi connectivity index (χ4n) is 3.47. The Kier molecular flexibility index (Phi) is 6.02. The Morgan fingerprint density at radius 2 is 1.77 bits per heavy atom. The number of carbonyl (C=O) groups excluding carboxylic acids is 1. The number of nitrogens with one attached hydrogen (secondary N) is 2. The zero-order valence-electron chi connectivity index (χ0n) is 18.4. The monoisotopic (exact) mass is 492 g/mol. The minimum Gasteiger partial charge on any atom is -0.331 e. The second kappa shape index (κ2) is 9.43. The van der Waals surface area contributed by atoms with Crippen molar-refractivity contribution in [3.8, 4) is 11.4 Å². The molecule has 2 aromatic carbocycles. The first kappa shape index (κ1) is 22.3. The molecule has 2 N–H and O–H groups in total. The molecule has 0 fully saturated rings. The van der Waals surface area contributed by atoms with E-state index in [0.29, 0.717) is 23.2 Å². The molecule has 13 heteroatoms. The fraction of sp³-hybridized carbons (Fsp3) is 0.136. The molecule has 0 aliphatic heterocycles. The van der Waals surface area contributed by atoms with Crippen LogP contribution < -0.4 is 10.6 Å². The molecular formula is C22H18ClFN10O. The molecule has 3 heterocycles. The van der Waals surface area contributed by atoms with Crippen LogP contribution in [0.15, 0.2) is 55.2 Å². The van der Waals surface area contributed by atoms with Crippen molar-refractivity contribution in [1.82, 2.24) is 50.1 Å². The van der Waals surface area contributed by atoms with E-state index in [4.69, 9.17) is 11.6 Å². The van der Waals surface area contributed by atoms with E-state index in [9.17, 15) is 9.18 Å². The maximum Gasteiger partial charge on any atom is 0.315 e. The number of halogens is 2. The molecule has 0 unspecified atom stereocenters. The summed E-state index contributed by atoms with van der Waals surface area (Å²) < 4.78 is 17.0. The van der Waals surface area contributed by atoms with Gasteiger partial charge in [0, 0.05) is 17.6 Å². The lowest BCUT2D eigenvalue weighted by Crippen LogP contribution is -2.36. The molecule has 0 saturated carbocycles. The molecule has 2 amide bonds. The quantitative estimate of drug-likeness (QED) is 0.373. The number of nitrogens with zero attached hydrogens (tertiary/aromatic N) is 8. The molecule has 3 aromatic heterocycles. The third kappa shape index (κ3) is 4.77. The molecule has 0 saturated heterocycles. The molecule has 176 valence electrons. The molecule has 0 radical (unpaired) electrons. The summed E-state index contributed by atoms with van der Waals surface area (Å²) in [6, 6.07) is 9.50. The van der Waals surface area contributed by atoms with Crippen LogP contribution in [0.2, 0.25) is 5.02 Å². The summed E-state index contributed by atoms with van der Waals surface area (Å²) in [6.07, 6.45) is 4.62. The molecule has 0 aliphatic rings. The highest BCUT2D eigenvalue weighted by atomic mass is 35.5. The largest absolute Gasteiger partial charge is 0.331 e. The van der Waals surface area contributed by atoms with E-state index in [-0.39, 0.29) is 18.1 Å². The molecule has 0 bridgehead atoms. The molecule has 11 nitrogen and oxygen atoms in total. The average molecular weight is 493 g/mol. The second-order valence-electron chi connectivity index (χ2n) is 7.48. The second-order valence-corrected chi connectivity index (χ2v) is 7.88. The SMILES string of the molecule is Cc1nc(CNC(=O)NCc2ncnn2-c2ccc3cncnc3c2)n(-c2ccc(Cl)c(F)c2)n1. The first-order chi connectivity index (χ1) is 17.0. The molecule has 35 heavy (non-hydrogen) atoms. The predicted octanol–water partition coefficient (Wildman–Crippen LogP) is 2.89. The van der Waals surface area contributed by atoms with E-state index < -0.39 is 11.8 Å². The van der Waals surface area contributed by atoms with Crippen molar-refractivity contribution in [3.63, 3.8) is 0 Å². The van der Waals surface area contributed by atoms with Crippen molar-refractivity contribution < 1.29 is 9.18 Å². The topological polar surface area (TPSA) is 128 Å². The lowest BCUT2D eigenvalue weighted by Gasteiger charge is -2.10. The third-order valence-electron chi connectivity index (χ3n) is 5.10. The van der Waals surface area contributed by atoms with E-state index in [1.807, 2.05) is 18.2 Å². The lowest BCUT2D eigenvalue weighted by molar-refractivity contribution is 0.239. The number of amides is 2. The Morgan fingerprint density at radius 1 is 1.00 bits per heavy atom. The van der Waals surface area contributed by atoms with E-state index in [1.54, 1.807) is 23.9 Å². The normalized spacial score (nSPS) is 11.1. The Balaban J connectivity index is 1.24. The summed E-state index contributed by atoms with van der Waals surface area (Å²) in [6.45, 7) is 1.90. The highest BCUT2D eigenvalue weighted by Gasteiger charge is 2.14. The van der Waals surface area contributed by atoms with Gasteiger partial charge in [0.2, 0.25) is 0 Å². The van der Waals surface area contributed by atoms with E-state index in [2.05, 4.69) is 40.8 Å². The van der Waals surface area contributed by atoms with Crippen molar-refractivity contribution >= 4 is 28.5 Å². The van der Waals surface area contributed by atoms with Crippen molar-refractivity contribution in [2.75, 3.05) is 0 Å². The van der Waals surface area contributed by atoms with Gasteiger partial charge in [-0.15, -0.1) is 0 Å². The van der Waals surface area contributed by atoms with E-state index >= 15 is 0 Å². The van der Waals surface area contributed by atoms with Gasteiger partial charge in [-0.2, -0.15) is 10.2 Å². The zero-order chi connectivity index (χ0) is 24.4. The van der Waals surface area contributed by atoms with Crippen LogP contribution >= 0.6 is 11.6 Å². The minimum absolute atomic E-state index is 0.00875. The van der Waals surface area contributed by atoms with Gasteiger partial charge in [0.1, 0.15) is 24.3 Å². The van der Waals surface area contributed by atoms with Crippen molar-refractivity contribution in [2.24, 2.45) is 0 Å².